The first-order valence-electron chi connectivity index (χ1n) is 7.73. The van der Waals surface area contributed by atoms with Crippen LogP contribution in [0, 0.1) is 11.8 Å². The van der Waals surface area contributed by atoms with E-state index in [-0.39, 0.29) is 23.8 Å². The molecule has 1 aliphatic carbocycles. The van der Waals surface area contributed by atoms with Gasteiger partial charge in [-0.15, -0.1) is 0 Å². The number of hydrogen-bond acceptors (Lipinski definition) is 3. The second kappa shape index (κ2) is 6.57. The first-order valence-corrected chi connectivity index (χ1v) is 7.73. The van der Waals surface area contributed by atoms with E-state index in [1.807, 2.05) is 20.8 Å². The fraction of sp³-hybridized carbons (Fsp3) is 0.867. The third-order valence-corrected chi connectivity index (χ3v) is 4.11. The summed E-state index contributed by atoms with van der Waals surface area (Å²) in [6, 6.07) is -0.740. The summed E-state index contributed by atoms with van der Waals surface area (Å²) in [4.78, 5) is 26.3. The minimum absolute atomic E-state index is 0.0291. The van der Waals surface area contributed by atoms with E-state index in [0.717, 1.165) is 12.5 Å². The zero-order valence-corrected chi connectivity index (χ0v) is 12.7. The van der Waals surface area contributed by atoms with E-state index in [9.17, 15) is 9.59 Å². The van der Waals surface area contributed by atoms with Crippen molar-refractivity contribution in [1.82, 2.24) is 10.2 Å². The average Bonchev–Trinajstić information content (AvgIpc) is 3.21. The summed E-state index contributed by atoms with van der Waals surface area (Å²) < 4.78 is 5.61. The molecular weight excluding hydrogens is 256 g/mol. The molecule has 114 valence electrons. The van der Waals surface area contributed by atoms with Gasteiger partial charge in [-0.3, -0.25) is 9.59 Å². The minimum Gasteiger partial charge on any atom is -0.379 e. The van der Waals surface area contributed by atoms with Crippen LogP contribution in [0.5, 0.6) is 0 Å². The molecule has 0 radical (unpaired) electrons. The summed E-state index contributed by atoms with van der Waals surface area (Å²) >= 11 is 0. The first kappa shape index (κ1) is 15.3. The molecule has 1 saturated carbocycles. The molecule has 0 aromatic carbocycles. The monoisotopic (exact) mass is 282 g/mol. The third kappa shape index (κ3) is 3.51. The van der Waals surface area contributed by atoms with Gasteiger partial charge < -0.3 is 15.0 Å². The van der Waals surface area contributed by atoms with Gasteiger partial charge in [-0.1, -0.05) is 20.8 Å². The normalized spacial score (nSPS) is 27.1. The molecule has 0 aromatic rings. The number of carbonyl (C=O) groups is 2. The number of nitrogens with zero attached hydrogens (tertiary/aromatic N) is 1. The van der Waals surface area contributed by atoms with E-state index in [2.05, 4.69) is 5.32 Å². The maximum absolute atomic E-state index is 12.5. The Labute approximate surface area is 121 Å². The van der Waals surface area contributed by atoms with Gasteiger partial charge in [0, 0.05) is 13.2 Å². The van der Waals surface area contributed by atoms with Crippen LogP contribution < -0.4 is 5.32 Å². The Balaban J connectivity index is 1.92. The standard InChI is InChI=1S/C15H26N2O3/c1-4-12-14(18)16-13(10(2)3)15(19)17(12)7-8-20-9-11-5-6-11/h10-13H,4-9H2,1-3H3,(H,16,18). The SMILES string of the molecule is CCC1C(=O)NC(C(C)C)C(=O)N1CCOCC1CC1. The molecule has 2 unspecified atom stereocenters. The van der Waals surface area contributed by atoms with Crippen LogP contribution in [0.15, 0.2) is 0 Å². The number of ether oxygens (including phenoxy) is 1. The zero-order chi connectivity index (χ0) is 14.7. The first-order chi connectivity index (χ1) is 9.54. The predicted molar refractivity (Wildman–Crippen MR) is 76.1 cm³/mol. The highest BCUT2D eigenvalue weighted by atomic mass is 16.5. The Morgan fingerprint density at radius 3 is 2.60 bits per heavy atom. The van der Waals surface area contributed by atoms with Gasteiger partial charge >= 0.3 is 0 Å². The molecule has 1 aliphatic heterocycles. The average molecular weight is 282 g/mol. The van der Waals surface area contributed by atoms with Crippen LogP contribution in [0.25, 0.3) is 0 Å². The molecule has 1 N–H and O–H groups in total. The van der Waals surface area contributed by atoms with Gasteiger partial charge in [-0.25, -0.2) is 0 Å². The Bertz CT molecular complexity index is 366. The van der Waals surface area contributed by atoms with E-state index >= 15 is 0 Å². The van der Waals surface area contributed by atoms with Gasteiger partial charge in [0.05, 0.1) is 6.61 Å². The van der Waals surface area contributed by atoms with Crippen molar-refractivity contribution in [1.29, 1.82) is 0 Å². The summed E-state index contributed by atoms with van der Waals surface area (Å²) in [5, 5.41) is 2.84. The van der Waals surface area contributed by atoms with Crippen molar-refractivity contribution in [3.63, 3.8) is 0 Å². The lowest BCUT2D eigenvalue weighted by Gasteiger charge is -2.40. The number of carbonyl (C=O) groups excluding carboxylic acids is 2. The molecule has 5 nitrogen and oxygen atoms in total. The van der Waals surface area contributed by atoms with Crippen molar-refractivity contribution < 1.29 is 14.3 Å². The number of amides is 2. The molecule has 0 spiro atoms. The van der Waals surface area contributed by atoms with Crippen molar-refractivity contribution in [2.75, 3.05) is 19.8 Å². The maximum Gasteiger partial charge on any atom is 0.246 e. The van der Waals surface area contributed by atoms with E-state index in [1.54, 1.807) is 4.90 Å². The molecule has 5 heteroatoms. The number of hydrogen-bond donors (Lipinski definition) is 1. The largest absolute Gasteiger partial charge is 0.379 e. The van der Waals surface area contributed by atoms with Crippen LogP contribution in [0.2, 0.25) is 0 Å². The van der Waals surface area contributed by atoms with Gasteiger partial charge in [-0.05, 0) is 31.1 Å². The molecule has 2 atom stereocenters. The Morgan fingerprint density at radius 2 is 2.05 bits per heavy atom. The van der Waals surface area contributed by atoms with Gasteiger partial charge in [0.15, 0.2) is 0 Å². The molecule has 2 rings (SSSR count). The second-order valence-electron chi connectivity index (χ2n) is 6.20. The highest BCUT2D eigenvalue weighted by Gasteiger charge is 2.40. The van der Waals surface area contributed by atoms with Gasteiger partial charge in [0.2, 0.25) is 11.8 Å². The number of nitrogens with one attached hydrogen (secondary N) is 1. The topological polar surface area (TPSA) is 58.6 Å². The van der Waals surface area contributed by atoms with E-state index in [0.29, 0.717) is 19.6 Å². The quantitative estimate of drug-likeness (QED) is 0.713. The van der Waals surface area contributed by atoms with Crippen LogP contribution in [0.4, 0.5) is 0 Å². The Hall–Kier alpha value is -1.10. The lowest BCUT2D eigenvalue weighted by Crippen LogP contribution is -2.65. The Kier molecular flexibility index (Phi) is 5.02. The smallest absolute Gasteiger partial charge is 0.246 e. The molecule has 20 heavy (non-hydrogen) atoms. The van der Waals surface area contributed by atoms with E-state index in [4.69, 9.17) is 4.74 Å². The van der Waals surface area contributed by atoms with Crippen molar-refractivity contribution in [2.45, 2.75) is 52.1 Å². The van der Waals surface area contributed by atoms with Gasteiger partial charge in [-0.2, -0.15) is 0 Å². The van der Waals surface area contributed by atoms with Crippen molar-refractivity contribution in [2.24, 2.45) is 11.8 Å². The summed E-state index contributed by atoms with van der Waals surface area (Å²) in [6.45, 7) is 7.68. The van der Waals surface area contributed by atoms with Gasteiger partial charge in [0.1, 0.15) is 12.1 Å². The molecular formula is C15H26N2O3. The minimum atomic E-state index is -0.395. The number of rotatable bonds is 7. The molecule has 0 aromatic heterocycles. The van der Waals surface area contributed by atoms with Gasteiger partial charge in [0.25, 0.3) is 0 Å². The highest BCUT2D eigenvalue weighted by molar-refractivity contribution is 5.97. The maximum atomic E-state index is 12.5. The summed E-state index contributed by atoms with van der Waals surface area (Å²) in [7, 11) is 0. The highest BCUT2D eigenvalue weighted by Crippen LogP contribution is 2.28. The molecule has 1 saturated heterocycles. The van der Waals surface area contributed by atoms with Crippen LogP contribution >= 0.6 is 0 Å². The zero-order valence-electron chi connectivity index (χ0n) is 12.7. The fourth-order valence-corrected chi connectivity index (χ4v) is 2.61. The lowest BCUT2D eigenvalue weighted by molar-refractivity contribution is -0.151. The van der Waals surface area contributed by atoms with E-state index < -0.39 is 6.04 Å². The fourth-order valence-electron chi connectivity index (χ4n) is 2.61. The summed E-state index contributed by atoms with van der Waals surface area (Å²) in [5.41, 5.74) is 0. The summed E-state index contributed by atoms with van der Waals surface area (Å²) in [5.74, 6) is 0.828. The number of piperazine rings is 1. The molecule has 2 fully saturated rings. The van der Waals surface area contributed by atoms with Crippen molar-refractivity contribution in [3.8, 4) is 0 Å². The molecule has 2 aliphatic rings. The van der Waals surface area contributed by atoms with E-state index in [1.165, 1.54) is 12.8 Å². The Morgan fingerprint density at radius 1 is 1.35 bits per heavy atom. The predicted octanol–water partition coefficient (Wildman–Crippen LogP) is 1.17. The van der Waals surface area contributed by atoms with Crippen molar-refractivity contribution >= 4 is 11.8 Å². The molecule has 2 amide bonds. The van der Waals surface area contributed by atoms with Crippen LogP contribution in [-0.2, 0) is 14.3 Å². The molecule has 0 bridgehead atoms. The van der Waals surface area contributed by atoms with Crippen LogP contribution in [0.1, 0.15) is 40.0 Å². The summed E-state index contributed by atoms with van der Waals surface area (Å²) in [6.07, 6.45) is 3.17. The molecule has 1 heterocycles. The van der Waals surface area contributed by atoms with Crippen LogP contribution in [-0.4, -0.2) is 48.6 Å². The third-order valence-electron chi connectivity index (χ3n) is 4.11. The van der Waals surface area contributed by atoms with Crippen molar-refractivity contribution in [3.05, 3.63) is 0 Å². The van der Waals surface area contributed by atoms with Crippen LogP contribution in [0.3, 0.4) is 0 Å². The lowest BCUT2D eigenvalue weighted by atomic mass is 9.97. The second-order valence-corrected chi connectivity index (χ2v) is 6.20.